The topological polar surface area (TPSA) is 57.6 Å². The van der Waals surface area contributed by atoms with Crippen LogP contribution in [0.25, 0.3) is 0 Å². The van der Waals surface area contributed by atoms with Gasteiger partial charge in [-0.25, -0.2) is 0 Å². The van der Waals surface area contributed by atoms with Crippen LogP contribution in [0.15, 0.2) is 17.5 Å². The molecular weight excluding hydrogens is 262 g/mol. The van der Waals surface area contributed by atoms with Crippen LogP contribution < -0.4 is 0 Å². The summed E-state index contributed by atoms with van der Waals surface area (Å²) in [5, 5.41) is 11.2. The lowest BCUT2D eigenvalue weighted by atomic mass is 9.94. The second kappa shape index (κ2) is 5.74. The molecule has 1 heterocycles. The van der Waals surface area contributed by atoms with Crippen LogP contribution in [0.4, 0.5) is 0 Å². The van der Waals surface area contributed by atoms with E-state index in [4.69, 9.17) is 5.11 Å². The Morgan fingerprint density at radius 1 is 1.42 bits per heavy atom. The van der Waals surface area contributed by atoms with Crippen LogP contribution in [0.1, 0.15) is 37.1 Å². The molecule has 0 bridgehead atoms. The van der Waals surface area contributed by atoms with Crippen molar-refractivity contribution in [2.24, 2.45) is 11.8 Å². The van der Waals surface area contributed by atoms with Gasteiger partial charge in [-0.2, -0.15) is 0 Å². The molecule has 3 atom stereocenters. The predicted octanol–water partition coefficient (Wildman–Crippen LogP) is 2.77. The van der Waals surface area contributed by atoms with Crippen molar-refractivity contribution >= 4 is 23.2 Å². The first kappa shape index (κ1) is 14.1. The minimum atomic E-state index is -0.840. The van der Waals surface area contributed by atoms with Crippen molar-refractivity contribution in [2.75, 3.05) is 7.05 Å². The molecule has 1 aromatic heterocycles. The van der Waals surface area contributed by atoms with E-state index in [1.165, 1.54) is 0 Å². The summed E-state index contributed by atoms with van der Waals surface area (Å²) in [5.41, 5.74) is 0. The Morgan fingerprint density at radius 3 is 2.68 bits per heavy atom. The highest BCUT2D eigenvalue weighted by atomic mass is 32.1. The van der Waals surface area contributed by atoms with Crippen LogP contribution in [-0.4, -0.2) is 28.9 Å². The molecule has 0 radical (unpaired) electrons. The second-order valence-corrected chi connectivity index (χ2v) is 6.10. The number of aliphatic carboxylic acids is 1. The second-order valence-electron chi connectivity index (χ2n) is 5.12. The normalized spacial score (nSPS) is 24.1. The molecule has 5 heteroatoms. The molecule has 1 amide bonds. The lowest BCUT2D eigenvalue weighted by molar-refractivity contribution is -0.149. The van der Waals surface area contributed by atoms with E-state index in [-0.39, 0.29) is 17.9 Å². The summed E-state index contributed by atoms with van der Waals surface area (Å²) in [7, 11) is 1.77. The summed E-state index contributed by atoms with van der Waals surface area (Å²) in [5.74, 6) is -1.74. The van der Waals surface area contributed by atoms with Crippen molar-refractivity contribution in [1.29, 1.82) is 0 Å². The van der Waals surface area contributed by atoms with Crippen LogP contribution in [0.5, 0.6) is 0 Å². The Kier molecular flexibility index (Phi) is 4.24. The van der Waals surface area contributed by atoms with Gasteiger partial charge in [0.15, 0.2) is 0 Å². The number of carboxylic acid groups (broad SMARTS) is 1. The zero-order valence-corrected chi connectivity index (χ0v) is 12.0. The molecule has 1 aromatic rings. The fourth-order valence-corrected chi connectivity index (χ4v) is 3.55. The lowest BCUT2D eigenvalue weighted by Crippen LogP contribution is -2.38. The average molecular weight is 281 g/mol. The van der Waals surface area contributed by atoms with Gasteiger partial charge in [0, 0.05) is 11.9 Å². The zero-order chi connectivity index (χ0) is 14.0. The van der Waals surface area contributed by atoms with Crippen molar-refractivity contribution in [3.63, 3.8) is 0 Å². The van der Waals surface area contributed by atoms with Gasteiger partial charge in [0.1, 0.15) is 0 Å². The maximum absolute atomic E-state index is 12.5. The Labute approximate surface area is 117 Å². The molecule has 1 N–H and O–H groups in total. The van der Waals surface area contributed by atoms with Gasteiger partial charge >= 0.3 is 5.97 Å². The van der Waals surface area contributed by atoms with Crippen LogP contribution in [-0.2, 0) is 9.59 Å². The third kappa shape index (κ3) is 2.81. The first-order valence-corrected chi connectivity index (χ1v) is 7.43. The molecule has 4 nitrogen and oxygen atoms in total. The van der Waals surface area contributed by atoms with E-state index in [0.717, 1.165) is 11.3 Å². The van der Waals surface area contributed by atoms with E-state index in [2.05, 4.69) is 0 Å². The van der Waals surface area contributed by atoms with E-state index < -0.39 is 11.9 Å². The summed E-state index contributed by atoms with van der Waals surface area (Å²) in [4.78, 5) is 26.5. The molecule has 0 saturated heterocycles. The van der Waals surface area contributed by atoms with E-state index >= 15 is 0 Å². The largest absolute Gasteiger partial charge is 0.481 e. The molecule has 0 aromatic carbocycles. The van der Waals surface area contributed by atoms with E-state index in [0.29, 0.717) is 12.8 Å². The third-order valence-electron chi connectivity index (χ3n) is 4.03. The number of rotatable bonds is 4. The highest BCUT2D eigenvalue weighted by Crippen LogP contribution is 2.35. The summed E-state index contributed by atoms with van der Waals surface area (Å²) in [6, 6.07) is 3.97. The van der Waals surface area contributed by atoms with Gasteiger partial charge in [-0.05, 0) is 31.2 Å². The Bertz CT molecular complexity index is 457. The maximum Gasteiger partial charge on any atom is 0.307 e. The molecule has 1 aliphatic rings. The highest BCUT2D eigenvalue weighted by molar-refractivity contribution is 7.10. The van der Waals surface area contributed by atoms with Crippen LogP contribution >= 0.6 is 11.3 Å². The average Bonchev–Trinajstić information content (AvgIpc) is 3.06. The number of amides is 1. The SMILES string of the molecule is CC(c1cccs1)N(C)C(=O)C1CCCC1C(=O)O. The van der Waals surface area contributed by atoms with E-state index in [1.807, 2.05) is 24.4 Å². The quantitative estimate of drug-likeness (QED) is 0.923. The zero-order valence-electron chi connectivity index (χ0n) is 11.2. The molecular formula is C14H19NO3S. The number of carboxylic acids is 1. The van der Waals surface area contributed by atoms with Crippen molar-refractivity contribution in [3.05, 3.63) is 22.4 Å². The van der Waals surface area contributed by atoms with Gasteiger partial charge in [-0.1, -0.05) is 12.5 Å². The Morgan fingerprint density at radius 2 is 2.11 bits per heavy atom. The molecule has 1 saturated carbocycles. The van der Waals surface area contributed by atoms with Crippen molar-refractivity contribution in [3.8, 4) is 0 Å². The smallest absolute Gasteiger partial charge is 0.307 e. The Hall–Kier alpha value is -1.36. The number of nitrogens with zero attached hydrogens (tertiary/aromatic N) is 1. The predicted molar refractivity (Wildman–Crippen MR) is 74.0 cm³/mol. The van der Waals surface area contributed by atoms with Gasteiger partial charge in [0.05, 0.1) is 17.9 Å². The van der Waals surface area contributed by atoms with Gasteiger partial charge in [0.2, 0.25) is 5.91 Å². The number of thiophene rings is 1. The molecule has 2 rings (SSSR count). The first-order valence-electron chi connectivity index (χ1n) is 6.55. The van der Waals surface area contributed by atoms with E-state index in [1.54, 1.807) is 23.3 Å². The molecule has 0 spiro atoms. The molecule has 1 fully saturated rings. The fourth-order valence-electron chi connectivity index (χ4n) is 2.72. The molecule has 0 aliphatic heterocycles. The Balaban J connectivity index is 2.08. The van der Waals surface area contributed by atoms with Crippen molar-refractivity contribution in [2.45, 2.75) is 32.2 Å². The fraction of sp³-hybridized carbons (Fsp3) is 0.571. The number of carbonyl (C=O) groups excluding carboxylic acids is 1. The molecule has 3 unspecified atom stereocenters. The minimum absolute atomic E-state index is 0.00236. The molecule has 19 heavy (non-hydrogen) atoms. The van der Waals surface area contributed by atoms with Gasteiger partial charge in [-0.15, -0.1) is 11.3 Å². The minimum Gasteiger partial charge on any atom is -0.481 e. The summed E-state index contributed by atoms with van der Waals surface area (Å²) < 4.78 is 0. The monoisotopic (exact) mass is 281 g/mol. The molecule has 1 aliphatic carbocycles. The van der Waals surface area contributed by atoms with Crippen molar-refractivity contribution in [1.82, 2.24) is 4.90 Å². The summed E-state index contributed by atoms with van der Waals surface area (Å²) in [6.45, 7) is 1.98. The van der Waals surface area contributed by atoms with E-state index in [9.17, 15) is 9.59 Å². The van der Waals surface area contributed by atoms with Gasteiger partial charge in [-0.3, -0.25) is 9.59 Å². The number of carbonyl (C=O) groups is 2. The maximum atomic E-state index is 12.5. The van der Waals surface area contributed by atoms with Crippen LogP contribution in [0.2, 0.25) is 0 Å². The number of hydrogen-bond donors (Lipinski definition) is 1. The lowest BCUT2D eigenvalue weighted by Gasteiger charge is -2.28. The standard InChI is InChI=1S/C14H19NO3S/c1-9(12-7-4-8-19-12)15(2)13(16)10-5-3-6-11(10)14(17)18/h4,7-11H,3,5-6H2,1-2H3,(H,17,18). The van der Waals surface area contributed by atoms with Crippen molar-refractivity contribution < 1.29 is 14.7 Å². The van der Waals surface area contributed by atoms with Gasteiger partial charge in [0.25, 0.3) is 0 Å². The molecule has 104 valence electrons. The summed E-state index contributed by atoms with van der Waals surface area (Å²) >= 11 is 1.62. The van der Waals surface area contributed by atoms with Crippen LogP contribution in [0.3, 0.4) is 0 Å². The van der Waals surface area contributed by atoms with Gasteiger partial charge < -0.3 is 10.0 Å². The van der Waals surface area contributed by atoms with Crippen LogP contribution in [0, 0.1) is 11.8 Å². The number of hydrogen-bond acceptors (Lipinski definition) is 3. The highest BCUT2D eigenvalue weighted by Gasteiger charge is 2.39. The third-order valence-corrected chi connectivity index (χ3v) is 5.08. The summed E-state index contributed by atoms with van der Waals surface area (Å²) in [6.07, 6.45) is 2.14. The first-order chi connectivity index (χ1) is 9.02.